The number of carbonyl (C=O) groups is 2. The van der Waals surface area contributed by atoms with Crippen LogP contribution >= 0.6 is 0 Å². The van der Waals surface area contributed by atoms with E-state index >= 15 is 0 Å². The van der Waals surface area contributed by atoms with Crippen molar-refractivity contribution in [3.8, 4) is 0 Å². The number of carboxylic acids is 1. The van der Waals surface area contributed by atoms with Gasteiger partial charge in [0.25, 0.3) is 0 Å². The van der Waals surface area contributed by atoms with Gasteiger partial charge in [-0.1, -0.05) is 0 Å². The summed E-state index contributed by atoms with van der Waals surface area (Å²) in [5.74, 6) is -1.25. The molecule has 1 aromatic rings. The van der Waals surface area contributed by atoms with Crippen molar-refractivity contribution < 1.29 is 14.7 Å². The van der Waals surface area contributed by atoms with Crippen LogP contribution in [0.3, 0.4) is 0 Å². The van der Waals surface area contributed by atoms with Crippen LogP contribution in [0.2, 0.25) is 0 Å². The molecule has 104 valence electrons. The Morgan fingerprint density at radius 1 is 1.26 bits per heavy atom. The van der Waals surface area contributed by atoms with Gasteiger partial charge in [0.1, 0.15) is 6.04 Å². The number of nitrogens with one attached hydrogen (secondary N) is 2. The minimum atomic E-state index is -1.10. The number of anilines is 2. The largest absolute Gasteiger partial charge is 0.478 e. The lowest BCUT2D eigenvalue weighted by atomic mass is 10.1. The van der Waals surface area contributed by atoms with Crippen LogP contribution < -0.4 is 16.4 Å². The van der Waals surface area contributed by atoms with E-state index in [-0.39, 0.29) is 23.2 Å². The number of carbonyl (C=O) groups excluding carboxylic acids is 1. The Hall–Kier alpha value is -2.24. The minimum Gasteiger partial charge on any atom is -0.478 e. The molecule has 6 nitrogen and oxygen atoms in total. The standard InChI is InChI=1S/C13H19N3O3/c1-7(2)15-12(17)8(3)16-9-4-5-11(14)10(6-9)13(18)19/h4-8,16H,14H2,1-3H3,(H,15,17)(H,18,19). The molecule has 1 unspecified atom stereocenters. The Morgan fingerprint density at radius 3 is 2.42 bits per heavy atom. The van der Waals surface area contributed by atoms with E-state index in [2.05, 4.69) is 10.6 Å². The lowest BCUT2D eigenvalue weighted by Crippen LogP contribution is -2.41. The highest BCUT2D eigenvalue weighted by Crippen LogP contribution is 2.18. The Balaban J connectivity index is 2.80. The summed E-state index contributed by atoms with van der Waals surface area (Å²) < 4.78 is 0. The van der Waals surface area contributed by atoms with E-state index in [9.17, 15) is 9.59 Å². The first-order valence-electron chi connectivity index (χ1n) is 6.01. The topological polar surface area (TPSA) is 104 Å². The molecule has 0 aliphatic heterocycles. The van der Waals surface area contributed by atoms with Crippen molar-refractivity contribution in [2.75, 3.05) is 11.1 Å². The number of nitrogens with two attached hydrogens (primary N) is 1. The molecule has 0 spiro atoms. The molecule has 0 bridgehead atoms. The number of hydrogen-bond acceptors (Lipinski definition) is 4. The Morgan fingerprint density at radius 2 is 1.89 bits per heavy atom. The van der Waals surface area contributed by atoms with Crippen molar-refractivity contribution in [3.05, 3.63) is 23.8 Å². The van der Waals surface area contributed by atoms with Crippen LogP contribution in [0.4, 0.5) is 11.4 Å². The maximum Gasteiger partial charge on any atom is 0.337 e. The summed E-state index contributed by atoms with van der Waals surface area (Å²) in [6.07, 6.45) is 0. The third-order valence-electron chi connectivity index (χ3n) is 2.49. The average Bonchev–Trinajstić information content (AvgIpc) is 2.30. The molecule has 0 aromatic heterocycles. The molecule has 0 aliphatic rings. The van der Waals surface area contributed by atoms with E-state index in [1.165, 1.54) is 12.1 Å². The van der Waals surface area contributed by atoms with Crippen molar-refractivity contribution >= 4 is 23.3 Å². The van der Waals surface area contributed by atoms with E-state index < -0.39 is 12.0 Å². The van der Waals surface area contributed by atoms with Gasteiger partial charge in [-0.2, -0.15) is 0 Å². The summed E-state index contributed by atoms with van der Waals surface area (Å²) in [5, 5.41) is 14.7. The van der Waals surface area contributed by atoms with Gasteiger partial charge in [-0.15, -0.1) is 0 Å². The van der Waals surface area contributed by atoms with Crippen LogP contribution in [0.15, 0.2) is 18.2 Å². The van der Waals surface area contributed by atoms with Crippen molar-refractivity contribution in [2.24, 2.45) is 0 Å². The molecule has 6 heteroatoms. The highest BCUT2D eigenvalue weighted by atomic mass is 16.4. The predicted octanol–water partition coefficient (Wildman–Crippen LogP) is 1.29. The highest BCUT2D eigenvalue weighted by molar-refractivity contribution is 5.95. The molecule has 0 heterocycles. The number of aromatic carboxylic acids is 1. The second-order valence-electron chi connectivity index (χ2n) is 4.64. The zero-order valence-electron chi connectivity index (χ0n) is 11.2. The summed E-state index contributed by atoms with van der Waals surface area (Å²) in [7, 11) is 0. The molecule has 0 aliphatic carbocycles. The minimum absolute atomic E-state index is 0.0152. The summed E-state index contributed by atoms with van der Waals surface area (Å²) in [6, 6.07) is 4.14. The molecule has 1 atom stereocenters. The van der Waals surface area contributed by atoms with Gasteiger partial charge in [0.15, 0.2) is 0 Å². The lowest BCUT2D eigenvalue weighted by molar-refractivity contribution is -0.122. The van der Waals surface area contributed by atoms with Crippen molar-refractivity contribution in [1.29, 1.82) is 0 Å². The number of amides is 1. The molecular weight excluding hydrogens is 246 g/mol. The predicted molar refractivity (Wildman–Crippen MR) is 74.2 cm³/mol. The molecule has 0 fully saturated rings. The monoisotopic (exact) mass is 265 g/mol. The molecule has 1 amide bonds. The Labute approximate surface area is 112 Å². The quantitative estimate of drug-likeness (QED) is 0.600. The van der Waals surface area contributed by atoms with Gasteiger partial charge in [0, 0.05) is 17.4 Å². The third kappa shape index (κ3) is 4.17. The van der Waals surface area contributed by atoms with E-state index in [4.69, 9.17) is 10.8 Å². The molecule has 1 aromatic carbocycles. The van der Waals surface area contributed by atoms with Gasteiger partial charge < -0.3 is 21.5 Å². The van der Waals surface area contributed by atoms with Crippen molar-refractivity contribution in [2.45, 2.75) is 32.9 Å². The van der Waals surface area contributed by atoms with E-state index in [0.29, 0.717) is 5.69 Å². The van der Waals surface area contributed by atoms with Crippen LogP contribution in [0.1, 0.15) is 31.1 Å². The summed E-state index contributed by atoms with van der Waals surface area (Å²) in [5.41, 5.74) is 6.31. The second-order valence-corrected chi connectivity index (χ2v) is 4.64. The summed E-state index contributed by atoms with van der Waals surface area (Å²) in [4.78, 5) is 22.7. The van der Waals surface area contributed by atoms with E-state index in [1.54, 1.807) is 13.0 Å². The molecule has 1 rings (SSSR count). The maximum absolute atomic E-state index is 11.7. The fourth-order valence-corrected chi connectivity index (χ4v) is 1.56. The molecule has 0 saturated heterocycles. The fraction of sp³-hybridized carbons (Fsp3) is 0.385. The summed E-state index contributed by atoms with van der Waals surface area (Å²) >= 11 is 0. The first-order chi connectivity index (χ1) is 8.81. The van der Waals surface area contributed by atoms with Crippen molar-refractivity contribution in [3.63, 3.8) is 0 Å². The zero-order valence-corrected chi connectivity index (χ0v) is 11.2. The normalized spacial score (nSPS) is 12.0. The fourth-order valence-electron chi connectivity index (χ4n) is 1.56. The zero-order chi connectivity index (χ0) is 14.6. The molecule has 0 saturated carbocycles. The first kappa shape index (κ1) is 14.8. The summed E-state index contributed by atoms with van der Waals surface area (Å²) in [6.45, 7) is 5.45. The Kier molecular flexibility index (Phi) is 4.74. The van der Waals surface area contributed by atoms with Gasteiger partial charge in [-0.25, -0.2) is 4.79 Å². The van der Waals surface area contributed by atoms with Crippen LogP contribution in [0, 0.1) is 0 Å². The van der Waals surface area contributed by atoms with Gasteiger partial charge in [0.05, 0.1) is 5.56 Å². The number of rotatable bonds is 5. The SMILES string of the molecule is CC(C)NC(=O)C(C)Nc1ccc(N)c(C(=O)O)c1. The van der Waals surface area contributed by atoms with Gasteiger partial charge >= 0.3 is 5.97 Å². The number of nitrogen functional groups attached to an aromatic ring is 1. The average molecular weight is 265 g/mol. The highest BCUT2D eigenvalue weighted by Gasteiger charge is 2.15. The lowest BCUT2D eigenvalue weighted by Gasteiger charge is -2.17. The number of benzene rings is 1. The Bertz CT molecular complexity index is 486. The second kappa shape index (κ2) is 6.08. The van der Waals surface area contributed by atoms with Crippen LogP contribution in [0.5, 0.6) is 0 Å². The van der Waals surface area contributed by atoms with Crippen molar-refractivity contribution in [1.82, 2.24) is 5.32 Å². The number of hydrogen-bond donors (Lipinski definition) is 4. The maximum atomic E-state index is 11.7. The van der Waals surface area contributed by atoms with Gasteiger partial charge in [0.2, 0.25) is 5.91 Å². The van der Waals surface area contributed by atoms with Crippen LogP contribution in [-0.2, 0) is 4.79 Å². The number of carboxylic acid groups (broad SMARTS) is 1. The van der Waals surface area contributed by atoms with E-state index in [0.717, 1.165) is 0 Å². The molecule has 0 radical (unpaired) electrons. The van der Waals surface area contributed by atoms with Gasteiger partial charge in [-0.3, -0.25) is 4.79 Å². The molecular formula is C13H19N3O3. The van der Waals surface area contributed by atoms with E-state index in [1.807, 2.05) is 13.8 Å². The van der Waals surface area contributed by atoms with Gasteiger partial charge in [-0.05, 0) is 39.0 Å². The third-order valence-corrected chi connectivity index (χ3v) is 2.49. The first-order valence-corrected chi connectivity index (χ1v) is 6.01. The molecule has 5 N–H and O–H groups in total. The van der Waals surface area contributed by atoms with Crippen LogP contribution in [0.25, 0.3) is 0 Å². The smallest absolute Gasteiger partial charge is 0.337 e. The molecule has 19 heavy (non-hydrogen) atoms. The van der Waals surface area contributed by atoms with Crippen LogP contribution in [-0.4, -0.2) is 29.1 Å².